The van der Waals surface area contributed by atoms with Crippen LogP contribution in [0.5, 0.6) is 0 Å². The van der Waals surface area contributed by atoms with Crippen LogP contribution in [-0.2, 0) is 6.42 Å². The van der Waals surface area contributed by atoms with Gasteiger partial charge in [-0.15, -0.1) is 0 Å². The zero-order chi connectivity index (χ0) is 8.23. The van der Waals surface area contributed by atoms with Crippen LogP contribution in [0.1, 0.15) is 18.7 Å². The molecule has 12 heavy (non-hydrogen) atoms. The summed E-state index contributed by atoms with van der Waals surface area (Å²) in [6, 6.07) is 0. The molecule has 1 saturated heterocycles. The van der Waals surface area contributed by atoms with Gasteiger partial charge in [-0.3, -0.25) is 0 Å². The highest BCUT2D eigenvalue weighted by Gasteiger charge is 2.10. The summed E-state index contributed by atoms with van der Waals surface area (Å²) in [5.74, 6) is 1.11. The van der Waals surface area contributed by atoms with Crippen molar-refractivity contribution in [3.05, 3.63) is 18.2 Å². The van der Waals surface area contributed by atoms with E-state index < -0.39 is 0 Å². The van der Waals surface area contributed by atoms with Gasteiger partial charge in [-0.05, 0) is 25.9 Å². The highest BCUT2D eigenvalue weighted by molar-refractivity contribution is 4.88. The van der Waals surface area contributed by atoms with Crippen molar-refractivity contribution in [1.29, 1.82) is 0 Å². The van der Waals surface area contributed by atoms with Crippen molar-refractivity contribution in [1.82, 2.24) is 14.9 Å². The molecule has 1 aromatic rings. The van der Waals surface area contributed by atoms with Gasteiger partial charge < -0.3 is 9.88 Å². The molecule has 0 saturated carbocycles. The molecule has 0 radical (unpaired) electrons. The lowest BCUT2D eigenvalue weighted by Gasteiger charge is -2.12. The Kier molecular flexibility index (Phi) is 2.42. The van der Waals surface area contributed by atoms with E-state index in [-0.39, 0.29) is 0 Å². The number of rotatable bonds is 3. The average molecular weight is 165 g/mol. The number of aromatic nitrogens is 2. The molecule has 2 rings (SSSR count). The van der Waals surface area contributed by atoms with Gasteiger partial charge in [-0.25, -0.2) is 4.98 Å². The molecule has 66 valence electrons. The zero-order valence-corrected chi connectivity index (χ0v) is 7.29. The number of aromatic amines is 1. The molecule has 0 spiro atoms. The van der Waals surface area contributed by atoms with Gasteiger partial charge in [0.2, 0.25) is 0 Å². The van der Waals surface area contributed by atoms with Crippen molar-refractivity contribution in [3.8, 4) is 0 Å². The third kappa shape index (κ3) is 1.85. The molecule has 1 N–H and O–H groups in total. The van der Waals surface area contributed by atoms with Crippen LogP contribution in [0.3, 0.4) is 0 Å². The fourth-order valence-corrected chi connectivity index (χ4v) is 1.70. The summed E-state index contributed by atoms with van der Waals surface area (Å²) in [7, 11) is 0. The fourth-order valence-electron chi connectivity index (χ4n) is 1.70. The molecule has 0 amide bonds. The first-order chi connectivity index (χ1) is 5.95. The first-order valence-corrected chi connectivity index (χ1v) is 4.66. The molecule has 3 nitrogen and oxygen atoms in total. The van der Waals surface area contributed by atoms with E-state index in [0.29, 0.717) is 0 Å². The van der Waals surface area contributed by atoms with Gasteiger partial charge in [0.1, 0.15) is 5.82 Å². The lowest BCUT2D eigenvalue weighted by Crippen LogP contribution is -2.22. The highest BCUT2D eigenvalue weighted by atomic mass is 15.1. The van der Waals surface area contributed by atoms with Gasteiger partial charge in [0.15, 0.2) is 0 Å². The van der Waals surface area contributed by atoms with E-state index in [1.54, 1.807) is 0 Å². The summed E-state index contributed by atoms with van der Waals surface area (Å²) in [5, 5.41) is 0. The maximum absolute atomic E-state index is 4.19. The molecule has 0 aliphatic carbocycles. The molecule has 0 aromatic carbocycles. The second-order valence-corrected chi connectivity index (χ2v) is 3.33. The third-order valence-electron chi connectivity index (χ3n) is 2.42. The van der Waals surface area contributed by atoms with Crippen LogP contribution in [0.4, 0.5) is 0 Å². The highest BCUT2D eigenvalue weighted by Crippen LogP contribution is 2.07. The Hall–Kier alpha value is -0.830. The predicted octanol–water partition coefficient (Wildman–Crippen LogP) is 1.05. The minimum atomic E-state index is 1.06. The SMILES string of the molecule is c1c[nH]c(CCN2CCCC2)n1. The van der Waals surface area contributed by atoms with Crippen LogP contribution in [0.15, 0.2) is 12.4 Å². The fraction of sp³-hybridized carbons (Fsp3) is 0.667. The largest absolute Gasteiger partial charge is 0.349 e. The monoisotopic (exact) mass is 165 g/mol. The van der Waals surface area contributed by atoms with Crippen molar-refractivity contribution in [2.24, 2.45) is 0 Å². The molecular weight excluding hydrogens is 150 g/mol. The number of hydrogen-bond acceptors (Lipinski definition) is 2. The Morgan fingerprint density at radius 2 is 2.25 bits per heavy atom. The van der Waals surface area contributed by atoms with Crippen LogP contribution in [0.25, 0.3) is 0 Å². The van der Waals surface area contributed by atoms with Gasteiger partial charge in [-0.1, -0.05) is 0 Å². The van der Waals surface area contributed by atoms with E-state index in [2.05, 4.69) is 14.9 Å². The Labute approximate surface area is 72.8 Å². The summed E-state index contributed by atoms with van der Waals surface area (Å²) in [4.78, 5) is 9.82. The first kappa shape index (κ1) is 7.80. The predicted molar refractivity (Wildman–Crippen MR) is 48.0 cm³/mol. The molecule has 1 aliphatic rings. The number of hydrogen-bond donors (Lipinski definition) is 1. The number of H-pyrrole nitrogens is 1. The van der Waals surface area contributed by atoms with Crippen molar-refractivity contribution in [3.63, 3.8) is 0 Å². The van der Waals surface area contributed by atoms with Crippen LogP contribution in [0, 0.1) is 0 Å². The van der Waals surface area contributed by atoms with Crippen molar-refractivity contribution in [2.45, 2.75) is 19.3 Å². The Balaban J connectivity index is 1.74. The number of nitrogens with one attached hydrogen (secondary N) is 1. The standard InChI is InChI=1S/C9H15N3/c1-2-7-12(6-1)8-3-9-10-4-5-11-9/h4-5H,1-3,6-8H2,(H,10,11). The Bertz CT molecular complexity index is 212. The van der Waals surface area contributed by atoms with E-state index in [0.717, 1.165) is 18.8 Å². The minimum absolute atomic E-state index is 1.06. The number of nitrogens with zero attached hydrogens (tertiary/aromatic N) is 2. The number of imidazole rings is 1. The van der Waals surface area contributed by atoms with Crippen molar-refractivity contribution in [2.75, 3.05) is 19.6 Å². The number of likely N-dealkylation sites (tertiary alicyclic amines) is 1. The van der Waals surface area contributed by atoms with Gasteiger partial charge in [0.05, 0.1) is 0 Å². The normalized spacial score (nSPS) is 18.7. The second-order valence-electron chi connectivity index (χ2n) is 3.33. The van der Waals surface area contributed by atoms with Gasteiger partial charge >= 0.3 is 0 Å². The quantitative estimate of drug-likeness (QED) is 0.726. The smallest absolute Gasteiger partial charge is 0.107 e. The van der Waals surface area contributed by atoms with Crippen LogP contribution >= 0.6 is 0 Å². The van der Waals surface area contributed by atoms with Gasteiger partial charge in [0, 0.05) is 25.4 Å². The van der Waals surface area contributed by atoms with Gasteiger partial charge in [-0.2, -0.15) is 0 Å². The van der Waals surface area contributed by atoms with Crippen LogP contribution in [-0.4, -0.2) is 34.5 Å². The third-order valence-corrected chi connectivity index (χ3v) is 2.42. The van der Waals surface area contributed by atoms with E-state index in [9.17, 15) is 0 Å². The van der Waals surface area contributed by atoms with E-state index in [1.165, 1.54) is 25.9 Å². The van der Waals surface area contributed by atoms with Crippen molar-refractivity contribution >= 4 is 0 Å². The van der Waals surface area contributed by atoms with E-state index in [4.69, 9.17) is 0 Å². The van der Waals surface area contributed by atoms with E-state index >= 15 is 0 Å². The molecular formula is C9H15N3. The molecule has 0 bridgehead atoms. The summed E-state index contributed by atoms with van der Waals surface area (Å²) < 4.78 is 0. The molecule has 0 atom stereocenters. The minimum Gasteiger partial charge on any atom is -0.349 e. The molecule has 1 aromatic heterocycles. The van der Waals surface area contributed by atoms with Crippen molar-refractivity contribution < 1.29 is 0 Å². The molecule has 3 heteroatoms. The maximum Gasteiger partial charge on any atom is 0.107 e. The summed E-state index contributed by atoms with van der Waals surface area (Å²) in [6.07, 6.45) is 7.52. The molecule has 0 unspecified atom stereocenters. The first-order valence-electron chi connectivity index (χ1n) is 4.66. The van der Waals surface area contributed by atoms with E-state index in [1.807, 2.05) is 12.4 Å². The second kappa shape index (κ2) is 3.72. The zero-order valence-electron chi connectivity index (χ0n) is 7.29. The molecule has 1 aliphatic heterocycles. The lowest BCUT2D eigenvalue weighted by atomic mass is 10.4. The lowest BCUT2D eigenvalue weighted by molar-refractivity contribution is 0.341. The summed E-state index contributed by atoms with van der Waals surface area (Å²) in [5.41, 5.74) is 0. The molecule has 2 heterocycles. The summed E-state index contributed by atoms with van der Waals surface area (Å²) >= 11 is 0. The Morgan fingerprint density at radius 3 is 2.92 bits per heavy atom. The van der Waals surface area contributed by atoms with Crippen LogP contribution < -0.4 is 0 Å². The average Bonchev–Trinajstić information content (AvgIpc) is 2.74. The van der Waals surface area contributed by atoms with Crippen LogP contribution in [0.2, 0.25) is 0 Å². The topological polar surface area (TPSA) is 31.9 Å². The Morgan fingerprint density at radius 1 is 1.42 bits per heavy atom. The molecule has 1 fully saturated rings. The maximum atomic E-state index is 4.19. The van der Waals surface area contributed by atoms with Gasteiger partial charge in [0.25, 0.3) is 0 Å². The summed E-state index contributed by atoms with van der Waals surface area (Å²) in [6.45, 7) is 3.72.